The number of hydrogen-bond acceptors (Lipinski definition) is 7. The zero-order valence-corrected chi connectivity index (χ0v) is 26.0. The molecule has 1 aromatic heterocycles. The summed E-state index contributed by atoms with van der Waals surface area (Å²) in [5.74, 6) is -0.118. The molecule has 8 nitrogen and oxygen atoms in total. The van der Waals surface area contributed by atoms with Crippen molar-refractivity contribution in [2.45, 2.75) is 82.8 Å². The van der Waals surface area contributed by atoms with Crippen LogP contribution < -0.4 is 9.46 Å². The second-order valence-electron chi connectivity index (χ2n) is 13.2. The predicted molar refractivity (Wildman–Crippen MR) is 166 cm³/mol. The SMILES string of the molecule is CCC1C(=O)c2cccc(c2)S(=O)(=O)Nc2nc(cc(-c3c(C)cccc3C)n2)OC2CN(C3CC4(CCCC4)C3)C[C@H]21. The van der Waals surface area contributed by atoms with Gasteiger partial charge in [0.2, 0.25) is 11.8 Å². The van der Waals surface area contributed by atoms with Crippen molar-refractivity contribution in [3.05, 3.63) is 65.2 Å². The molecule has 2 aliphatic heterocycles. The van der Waals surface area contributed by atoms with E-state index in [0.717, 1.165) is 29.8 Å². The molecule has 1 N–H and O–H groups in total. The molecule has 4 bridgehead atoms. The van der Waals surface area contributed by atoms with Crippen molar-refractivity contribution >= 4 is 21.8 Å². The highest BCUT2D eigenvalue weighted by Gasteiger charge is 2.52. The maximum atomic E-state index is 14.0. The molecule has 4 aliphatic rings. The van der Waals surface area contributed by atoms with Crippen LogP contribution in [-0.4, -0.2) is 54.3 Å². The van der Waals surface area contributed by atoms with E-state index in [1.165, 1.54) is 50.7 Å². The van der Waals surface area contributed by atoms with Crippen LogP contribution in [0.3, 0.4) is 0 Å². The number of aryl methyl sites for hydroxylation is 2. The summed E-state index contributed by atoms with van der Waals surface area (Å²) in [7, 11) is -4.06. The van der Waals surface area contributed by atoms with Crippen molar-refractivity contribution in [1.82, 2.24) is 14.9 Å². The third kappa shape index (κ3) is 5.14. The number of fused-ring (bicyclic) bond motifs is 5. The lowest BCUT2D eigenvalue weighted by molar-refractivity contribution is 0.0115. The number of benzene rings is 2. The van der Waals surface area contributed by atoms with Crippen LogP contribution in [0, 0.1) is 31.1 Å². The summed E-state index contributed by atoms with van der Waals surface area (Å²) >= 11 is 0. The highest BCUT2D eigenvalue weighted by atomic mass is 32.2. The minimum absolute atomic E-state index is 0.0110. The summed E-state index contributed by atoms with van der Waals surface area (Å²) < 4.78 is 36.3. The number of Topliss-reactive ketones (excluding diaryl/α,β-unsaturated/α-hetero) is 1. The molecule has 43 heavy (non-hydrogen) atoms. The van der Waals surface area contributed by atoms with E-state index in [1.807, 2.05) is 45.0 Å². The summed E-state index contributed by atoms with van der Waals surface area (Å²) in [6, 6.07) is 14.7. The van der Waals surface area contributed by atoms with Gasteiger partial charge in [0.1, 0.15) is 6.10 Å². The van der Waals surface area contributed by atoms with Crippen LogP contribution in [-0.2, 0) is 10.0 Å². The van der Waals surface area contributed by atoms with E-state index >= 15 is 0 Å². The van der Waals surface area contributed by atoms with Gasteiger partial charge in [-0.25, -0.2) is 18.1 Å². The molecule has 1 spiro atoms. The average Bonchev–Trinajstić information content (AvgIpc) is 3.60. The number of aromatic nitrogens is 2. The first-order chi connectivity index (χ1) is 20.6. The molecule has 2 unspecified atom stereocenters. The van der Waals surface area contributed by atoms with E-state index in [2.05, 4.69) is 19.6 Å². The highest BCUT2D eigenvalue weighted by molar-refractivity contribution is 7.92. The smallest absolute Gasteiger partial charge is 0.264 e. The summed E-state index contributed by atoms with van der Waals surface area (Å²) in [5.41, 5.74) is 4.49. The van der Waals surface area contributed by atoms with Crippen molar-refractivity contribution in [2.24, 2.45) is 17.3 Å². The number of carbonyl (C=O) groups is 1. The minimum atomic E-state index is -4.06. The van der Waals surface area contributed by atoms with Crippen molar-refractivity contribution in [1.29, 1.82) is 0 Å². The van der Waals surface area contributed by atoms with Crippen LogP contribution in [0.15, 0.2) is 53.4 Å². The van der Waals surface area contributed by atoms with Gasteiger partial charge >= 0.3 is 0 Å². The number of ether oxygens (including phenoxy) is 1. The second-order valence-corrected chi connectivity index (χ2v) is 14.9. The Balaban J connectivity index is 1.32. The predicted octanol–water partition coefficient (Wildman–Crippen LogP) is 6.19. The standard InChI is InChI=1S/C34H40N4O4S/c1-4-26-27-19-38(24-17-34(18-24)13-5-6-14-34)20-29(27)42-30-16-28(31-21(2)9-7-10-22(31)3)35-33(36-30)37-43(40,41)25-12-8-11-23(15-25)32(26)39/h7-12,15-16,24,26-27,29H,4-6,13-14,17-20H2,1-3H3,(H,35,36,37)/t26?,27-,29?/m0/s1. The summed E-state index contributed by atoms with van der Waals surface area (Å²) in [6.07, 6.45) is 8.21. The van der Waals surface area contributed by atoms with Crippen molar-refractivity contribution < 1.29 is 17.9 Å². The van der Waals surface area contributed by atoms with Crippen LogP contribution in [0.25, 0.3) is 11.3 Å². The molecule has 0 radical (unpaired) electrons. The van der Waals surface area contributed by atoms with Crippen LogP contribution in [0.2, 0.25) is 0 Å². The van der Waals surface area contributed by atoms with Crippen molar-refractivity contribution in [3.8, 4) is 17.1 Å². The summed E-state index contributed by atoms with van der Waals surface area (Å²) in [5, 5.41) is 0. The largest absolute Gasteiger partial charge is 0.472 e. The molecule has 3 heterocycles. The van der Waals surface area contributed by atoms with Gasteiger partial charge in [0, 0.05) is 48.2 Å². The molecule has 1 saturated heterocycles. The van der Waals surface area contributed by atoms with Crippen LogP contribution >= 0.6 is 0 Å². The fourth-order valence-electron chi connectivity index (χ4n) is 8.29. The fraction of sp³-hybridized carbons (Fsp3) is 0.500. The lowest BCUT2D eigenvalue weighted by Gasteiger charge is -2.49. The van der Waals surface area contributed by atoms with E-state index < -0.39 is 10.0 Å². The quantitative estimate of drug-likeness (QED) is 0.383. The molecule has 7 rings (SSSR count). The van der Waals surface area contributed by atoms with Crippen molar-refractivity contribution in [3.63, 3.8) is 0 Å². The van der Waals surface area contributed by atoms with Gasteiger partial charge in [-0.3, -0.25) is 9.69 Å². The van der Waals surface area contributed by atoms with Crippen LogP contribution in [0.1, 0.15) is 73.4 Å². The lowest BCUT2D eigenvalue weighted by Crippen LogP contribution is -2.49. The Hall–Kier alpha value is -3.30. The van der Waals surface area contributed by atoms with Gasteiger partial charge in [-0.05, 0) is 74.6 Å². The third-order valence-electron chi connectivity index (χ3n) is 10.5. The van der Waals surface area contributed by atoms with Gasteiger partial charge < -0.3 is 4.74 Å². The molecule has 3 atom stereocenters. The highest BCUT2D eigenvalue weighted by Crippen LogP contribution is 2.55. The van der Waals surface area contributed by atoms with Crippen molar-refractivity contribution in [2.75, 3.05) is 17.8 Å². The Morgan fingerprint density at radius 3 is 2.44 bits per heavy atom. The molecular weight excluding hydrogens is 560 g/mol. The number of nitrogens with one attached hydrogen (secondary N) is 1. The molecular formula is C34H40N4O4S. The molecule has 226 valence electrons. The zero-order chi connectivity index (χ0) is 29.9. The topological polar surface area (TPSA) is 101 Å². The lowest BCUT2D eigenvalue weighted by atomic mass is 9.64. The second kappa shape index (κ2) is 10.7. The molecule has 3 aromatic rings. The number of anilines is 1. The number of nitrogens with zero attached hydrogens (tertiary/aromatic N) is 3. The van der Waals surface area contributed by atoms with Crippen LogP contribution in [0.4, 0.5) is 5.95 Å². The summed E-state index contributed by atoms with van der Waals surface area (Å²) in [6.45, 7) is 7.58. The van der Waals surface area contributed by atoms with E-state index in [4.69, 9.17) is 4.74 Å². The Kier molecular flexibility index (Phi) is 7.08. The molecule has 2 aliphatic carbocycles. The Morgan fingerprint density at radius 1 is 1.00 bits per heavy atom. The van der Waals surface area contributed by atoms with E-state index in [0.29, 0.717) is 35.0 Å². The maximum absolute atomic E-state index is 14.0. The van der Waals surface area contributed by atoms with E-state index in [9.17, 15) is 13.2 Å². The van der Waals surface area contributed by atoms with Gasteiger partial charge in [0.05, 0.1) is 10.6 Å². The molecule has 2 aromatic carbocycles. The number of ketones is 1. The number of hydrogen-bond donors (Lipinski definition) is 1. The molecule has 9 heteroatoms. The van der Waals surface area contributed by atoms with Crippen LogP contribution in [0.5, 0.6) is 5.88 Å². The van der Waals surface area contributed by atoms with E-state index in [-0.39, 0.29) is 34.6 Å². The molecule has 2 saturated carbocycles. The van der Waals surface area contributed by atoms with Gasteiger partial charge in [0.25, 0.3) is 10.0 Å². The first kappa shape index (κ1) is 28.5. The zero-order valence-electron chi connectivity index (χ0n) is 25.2. The number of likely N-dealkylation sites (tertiary alicyclic amines) is 1. The Labute approximate surface area is 254 Å². The molecule has 0 amide bonds. The summed E-state index contributed by atoms with van der Waals surface area (Å²) in [4.78, 5) is 25.8. The van der Waals surface area contributed by atoms with Gasteiger partial charge in [0.15, 0.2) is 5.78 Å². The fourth-order valence-corrected chi connectivity index (χ4v) is 9.28. The van der Waals surface area contributed by atoms with Gasteiger partial charge in [-0.15, -0.1) is 0 Å². The first-order valence-electron chi connectivity index (χ1n) is 15.7. The average molecular weight is 601 g/mol. The monoisotopic (exact) mass is 600 g/mol. The van der Waals surface area contributed by atoms with E-state index in [1.54, 1.807) is 12.1 Å². The Morgan fingerprint density at radius 2 is 1.72 bits per heavy atom. The number of sulfonamides is 1. The number of rotatable bonds is 3. The number of carbonyl (C=O) groups excluding carboxylic acids is 1. The first-order valence-corrected chi connectivity index (χ1v) is 17.2. The maximum Gasteiger partial charge on any atom is 0.264 e. The molecule has 3 fully saturated rings. The normalized spacial score (nSPS) is 26.4. The van der Waals surface area contributed by atoms with Gasteiger partial charge in [-0.2, -0.15) is 4.98 Å². The Bertz CT molecular complexity index is 1660. The minimum Gasteiger partial charge on any atom is -0.472 e. The van der Waals surface area contributed by atoms with Gasteiger partial charge in [-0.1, -0.05) is 50.1 Å². The third-order valence-corrected chi connectivity index (χ3v) is 11.8.